The third kappa shape index (κ3) is 4.22. The monoisotopic (exact) mass is 309 g/mol. The molecule has 0 fully saturated rings. The minimum atomic E-state index is -0.777. The van der Waals surface area contributed by atoms with E-state index in [1.54, 1.807) is 36.5 Å². The molecule has 0 saturated carbocycles. The van der Waals surface area contributed by atoms with E-state index in [9.17, 15) is 4.79 Å². The quantitative estimate of drug-likeness (QED) is 0.530. The third-order valence-electron chi connectivity index (χ3n) is 2.17. The molecule has 0 aliphatic rings. The Bertz CT molecular complexity index is 633. The Balaban J connectivity index is 1.93. The highest BCUT2D eigenvalue weighted by Crippen LogP contribution is 2.25. The van der Waals surface area contributed by atoms with Gasteiger partial charge in [-0.3, -0.25) is 15.1 Å². The summed E-state index contributed by atoms with van der Waals surface area (Å²) in [5.74, 6) is 0. The summed E-state index contributed by atoms with van der Waals surface area (Å²) in [5, 5.41) is 6.73. The number of oxime groups is 1. The molecule has 0 saturated heterocycles. The van der Waals surface area contributed by atoms with Gasteiger partial charge >= 0.3 is 6.09 Å². The molecule has 0 radical (unpaired) electrons. The van der Waals surface area contributed by atoms with Gasteiger partial charge in [-0.2, -0.15) is 0 Å². The van der Waals surface area contributed by atoms with Gasteiger partial charge in [-0.1, -0.05) is 34.4 Å². The van der Waals surface area contributed by atoms with Crippen LogP contribution in [0, 0.1) is 0 Å². The van der Waals surface area contributed by atoms with Crippen molar-refractivity contribution >= 4 is 41.2 Å². The van der Waals surface area contributed by atoms with E-state index in [0.717, 1.165) is 0 Å². The summed E-state index contributed by atoms with van der Waals surface area (Å²) in [5.41, 5.74) is 0.915. The van der Waals surface area contributed by atoms with Crippen molar-refractivity contribution in [3.63, 3.8) is 0 Å². The second kappa shape index (κ2) is 6.88. The lowest BCUT2D eigenvalue weighted by atomic mass is 10.3. The zero-order chi connectivity index (χ0) is 14.4. The normalized spacial score (nSPS) is 10.5. The molecular weight excluding hydrogens is 301 g/mol. The smallest absolute Gasteiger partial charge is 0.298 e. The SMILES string of the molecule is O=C(Nc1cc(Cl)ccc1Cl)ON=Cc1ccccn1. The average molecular weight is 310 g/mol. The largest absolute Gasteiger partial charge is 0.437 e. The fourth-order valence-electron chi connectivity index (χ4n) is 1.31. The van der Waals surface area contributed by atoms with E-state index in [2.05, 4.69) is 20.3 Å². The van der Waals surface area contributed by atoms with Gasteiger partial charge in [-0.25, -0.2) is 4.79 Å². The maximum absolute atomic E-state index is 11.5. The standard InChI is InChI=1S/C13H9Cl2N3O2/c14-9-4-5-11(15)12(7-9)18-13(19)20-17-8-10-3-1-2-6-16-10/h1-8H,(H,18,19). The summed E-state index contributed by atoms with van der Waals surface area (Å²) in [6.45, 7) is 0. The number of halogens is 2. The third-order valence-corrected chi connectivity index (χ3v) is 2.74. The molecule has 2 aromatic rings. The highest BCUT2D eigenvalue weighted by Gasteiger charge is 2.07. The molecule has 2 rings (SSSR count). The van der Waals surface area contributed by atoms with Gasteiger partial charge in [0.25, 0.3) is 0 Å². The molecule has 1 aromatic carbocycles. The van der Waals surface area contributed by atoms with Crippen LogP contribution in [0.4, 0.5) is 10.5 Å². The number of amides is 1. The van der Waals surface area contributed by atoms with E-state index < -0.39 is 6.09 Å². The molecule has 0 spiro atoms. The lowest BCUT2D eigenvalue weighted by Crippen LogP contribution is -2.11. The molecule has 0 unspecified atom stereocenters. The average Bonchev–Trinajstić information content (AvgIpc) is 2.44. The Labute approximate surface area is 125 Å². The molecule has 1 aromatic heterocycles. The number of hydrogen-bond acceptors (Lipinski definition) is 4. The number of anilines is 1. The van der Waals surface area contributed by atoms with E-state index >= 15 is 0 Å². The summed E-state index contributed by atoms with van der Waals surface area (Å²) in [4.78, 5) is 20.1. The molecule has 0 bridgehead atoms. The summed E-state index contributed by atoms with van der Waals surface area (Å²) in [6.07, 6.45) is 2.15. The van der Waals surface area contributed by atoms with Crippen LogP contribution in [0.1, 0.15) is 5.69 Å². The van der Waals surface area contributed by atoms with E-state index in [1.807, 2.05) is 0 Å². The highest BCUT2D eigenvalue weighted by atomic mass is 35.5. The molecule has 7 heteroatoms. The van der Waals surface area contributed by atoms with Crippen molar-refractivity contribution in [3.8, 4) is 0 Å². The van der Waals surface area contributed by atoms with Crippen molar-refractivity contribution < 1.29 is 9.63 Å². The molecule has 0 aliphatic heterocycles. The van der Waals surface area contributed by atoms with Crippen LogP contribution < -0.4 is 5.32 Å². The van der Waals surface area contributed by atoms with Crippen LogP contribution in [0.5, 0.6) is 0 Å². The van der Waals surface area contributed by atoms with Gasteiger partial charge in [-0.15, -0.1) is 0 Å². The summed E-state index contributed by atoms with van der Waals surface area (Å²) < 4.78 is 0. The fourth-order valence-corrected chi connectivity index (χ4v) is 1.64. The Morgan fingerprint density at radius 2 is 2.15 bits per heavy atom. The summed E-state index contributed by atoms with van der Waals surface area (Å²) in [6, 6.07) is 9.97. The van der Waals surface area contributed by atoms with E-state index in [4.69, 9.17) is 23.2 Å². The Morgan fingerprint density at radius 3 is 2.90 bits per heavy atom. The minimum Gasteiger partial charge on any atom is -0.298 e. The number of aromatic nitrogens is 1. The number of benzene rings is 1. The lowest BCUT2D eigenvalue weighted by molar-refractivity contribution is 0.167. The Morgan fingerprint density at radius 1 is 1.30 bits per heavy atom. The number of carbonyl (C=O) groups is 1. The summed E-state index contributed by atoms with van der Waals surface area (Å²) >= 11 is 11.7. The van der Waals surface area contributed by atoms with Crippen molar-refractivity contribution in [2.45, 2.75) is 0 Å². The van der Waals surface area contributed by atoms with Gasteiger partial charge in [0.05, 0.1) is 22.6 Å². The zero-order valence-electron chi connectivity index (χ0n) is 10.1. The number of rotatable bonds is 3. The van der Waals surface area contributed by atoms with Gasteiger partial charge in [-0.05, 0) is 30.3 Å². The first-order valence-corrected chi connectivity index (χ1v) is 6.28. The first kappa shape index (κ1) is 14.3. The van der Waals surface area contributed by atoms with Gasteiger partial charge in [0.1, 0.15) is 0 Å². The number of carbonyl (C=O) groups excluding carboxylic acids is 1. The van der Waals surface area contributed by atoms with Gasteiger partial charge in [0.2, 0.25) is 0 Å². The fraction of sp³-hybridized carbons (Fsp3) is 0. The number of pyridine rings is 1. The van der Waals surface area contributed by atoms with Crippen molar-refractivity contribution in [1.29, 1.82) is 0 Å². The predicted octanol–water partition coefficient (Wildman–Crippen LogP) is 3.97. The second-order valence-corrected chi connectivity index (χ2v) is 4.46. The summed E-state index contributed by atoms with van der Waals surface area (Å²) in [7, 11) is 0. The maximum Gasteiger partial charge on any atom is 0.437 e. The van der Waals surface area contributed by atoms with Crippen LogP contribution in [0.25, 0.3) is 0 Å². The highest BCUT2D eigenvalue weighted by molar-refractivity contribution is 6.35. The minimum absolute atomic E-state index is 0.345. The van der Waals surface area contributed by atoms with Crippen LogP contribution >= 0.6 is 23.2 Å². The van der Waals surface area contributed by atoms with Crippen LogP contribution in [0.2, 0.25) is 10.0 Å². The van der Waals surface area contributed by atoms with Crippen molar-refractivity contribution in [1.82, 2.24) is 4.98 Å². The maximum atomic E-state index is 11.5. The van der Waals surface area contributed by atoms with E-state index in [0.29, 0.717) is 21.4 Å². The zero-order valence-corrected chi connectivity index (χ0v) is 11.6. The number of nitrogens with zero attached hydrogens (tertiary/aromatic N) is 2. The van der Waals surface area contributed by atoms with Crippen LogP contribution in [0.15, 0.2) is 47.8 Å². The van der Waals surface area contributed by atoms with Crippen LogP contribution in [-0.2, 0) is 4.84 Å². The lowest BCUT2D eigenvalue weighted by Gasteiger charge is -2.05. The molecule has 1 amide bonds. The number of hydrogen-bond donors (Lipinski definition) is 1. The predicted molar refractivity (Wildman–Crippen MR) is 78.4 cm³/mol. The second-order valence-electron chi connectivity index (χ2n) is 3.62. The Hall–Kier alpha value is -2.11. The molecule has 0 aliphatic carbocycles. The first-order valence-electron chi connectivity index (χ1n) is 5.52. The molecule has 102 valence electrons. The number of nitrogens with one attached hydrogen (secondary N) is 1. The van der Waals surface area contributed by atoms with Gasteiger partial charge in [0, 0.05) is 11.2 Å². The van der Waals surface area contributed by atoms with Crippen molar-refractivity contribution in [2.75, 3.05) is 5.32 Å². The molecule has 5 nitrogen and oxygen atoms in total. The van der Waals surface area contributed by atoms with Crippen molar-refractivity contribution in [2.24, 2.45) is 5.16 Å². The topological polar surface area (TPSA) is 63.6 Å². The van der Waals surface area contributed by atoms with E-state index in [-0.39, 0.29) is 0 Å². The Kier molecular flexibility index (Phi) is 4.92. The molecule has 20 heavy (non-hydrogen) atoms. The molecule has 0 atom stereocenters. The molecule has 1 N–H and O–H groups in total. The first-order chi connectivity index (χ1) is 9.65. The van der Waals surface area contributed by atoms with Crippen LogP contribution in [-0.4, -0.2) is 17.3 Å². The van der Waals surface area contributed by atoms with E-state index in [1.165, 1.54) is 12.3 Å². The van der Waals surface area contributed by atoms with Gasteiger partial charge in [0.15, 0.2) is 0 Å². The van der Waals surface area contributed by atoms with Gasteiger partial charge < -0.3 is 0 Å². The molecular formula is C13H9Cl2N3O2. The van der Waals surface area contributed by atoms with Crippen LogP contribution in [0.3, 0.4) is 0 Å². The van der Waals surface area contributed by atoms with Crippen molar-refractivity contribution in [3.05, 3.63) is 58.3 Å². The molecule has 1 heterocycles.